The first-order chi connectivity index (χ1) is 21.0. The Morgan fingerprint density at radius 1 is 1.05 bits per heavy atom. The van der Waals surface area contributed by atoms with Crippen LogP contribution in [0, 0.1) is 5.92 Å². The van der Waals surface area contributed by atoms with Crippen molar-refractivity contribution in [1.29, 1.82) is 0 Å². The van der Waals surface area contributed by atoms with E-state index >= 15 is 0 Å². The van der Waals surface area contributed by atoms with Crippen LogP contribution >= 0.6 is 34.5 Å². The van der Waals surface area contributed by atoms with E-state index in [1.165, 1.54) is 27.8 Å². The predicted octanol–water partition coefficient (Wildman–Crippen LogP) is 5.45. The molecule has 2 amide bonds. The van der Waals surface area contributed by atoms with Crippen LogP contribution in [0.5, 0.6) is 5.75 Å². The summed E-state index contributed by atoms with van der Waals surface area (Å²) in [7, 11) is -3.87. The number of halogens is 2. The molecule has 5 rings (SSSR count). The van der Waals surface area contributed by atoms with E-state index in [0.29, 0.717) is 29.9 Å². The predicted molar refractivity (Wildman–Crippen MR) is 175 cm³/mol. The number of thiophene rings is 1. The zero-order chi connectivity index (χ0) is 31.4. The first-order valence-corrected chi connectivity index (χ1v) is 18.0. The maximum atomic E-state index is 13.5. The molecule has 0 bridgehead atoms. The maximum Gasteiger partial charge on any atom is 0.262 e. The average molecular weight is 682 g/mol. The summed E-state index contributed by atoms with van der Waals surface area (Å²) in [6.07, 6.45) is 2.94. The van der Waals surface area contributed by atoms with Gasteiger partial charge in [0.1, 0.15) is 12.1 Å². The first-order valence-electron chi connectivity index (χ1n) is 15.0. The molecule has 2 aliphatic rings. The number of fused-ring (bicyclic) bond motifs is 1. The van der Waals surface area contributed by atoms with Crippen molar-refractivity contribution in [1.82, 2.24) is 20.3 Å². The van der Waals surface area contributed by atoms with Crippen LogP contribution in [0.25, 0.3) is 10.1 Å². The van der Waals surface area contributed by atoms with Crippen molar-refractivity contribution in [2.45, 2.75) is 69.0 Å². The number of hydrogen-bond donors (Lipinski definition) is 3. The maximum absolute atomic E-state index is 13.5. The molecule has 0 saturated carbocycles. The normalized spacial score (nSPS) is 17.9. The number of ether oxygens (including phenoxy) is 1. The standard InChI is InChI=1S/C31H38Cl2N4O5S2/c1-19(2)15-26(36-31(39)28-16-20-5-3-4-6-27(20)43-28)30(38)35-21-9-13-37(14-10-21)44(40,41)23-17-24(32)29(25(33)18-23)42-22-7-11-34-12-8-22/h3-6,16-19,21-22,26,34H,7-15H2,1-2H3,(H,35,38)(H,36,39). The Balaban J connectivity index is 1.19. The molecule has 3 aromatic rings. The van der Waals surface area contributed by atoms with Gasteiger partial charge in [0.15, 0.2) is 5.75 Å². The molecule has 13 heteroatoms. The number of carbonyl (C=O) groups is 2. The summed E-state index contributed by atoms with van der Waals surface area (Å²) in [6.45, 7) is 6.11. The molecule has 2 aromatic carbocycles. The molecular formula is C31H38Cl2N4O5S2. The number of rotatable bonds is 10. The number of piperidine rings is 2. The summed E-state index contributed by atoms with van der Waals surface area (Å²) < 4.78 is 35.4. The van der Waals surface area contributed by atoms with E-state index in [1.807, 2.05) is 44.2 Å². The van der Waals surface area contributed by atoms with Crippen LogP contribution in [0.3, 0.4) is 0 Å². The Morgan fingerprint density at radius 3 is 2.34 bits per heavy atom. The molecule has 1 unspecified atom stereocenters. The summed E-state index contributed by atoms with van der Waals surface area (Å²) in [5, 5.41) is 10.5. The van der Waals surface area contributed by atoms with Crippen molar-refractivity contribution >= 4 is 66.5 Å². The molecular weight excluding hydrogens is 643 g/mol. The SMILES string of the molecule is CC(C)CC(NC(=O)c1cc2ccccc2s1)C(=O)NC1CCN(S(=O)(=O)c2cc(Cl)c(OC3CCNCC3)c(Cl)c2)CC1. The van der Waals surface area contributed by atoms with E-state index < -0.39 is 16.1 Å². The molecule has 1 atom stereocenters. The summed E-state index contributed by atoms with van der Waals surface area (Å²) in [4.78, 5) is 27.0. The van der Waals surface area contributed by atoms with Crippen LogP contribution in [0.15, 0.2) is 47.4 Å². The highest BCUT2D eigenvalue weighted by Crippen LogP contribution is 2.38. The lowest BCUT2D eigenvalue weighted by molar-refractivity contribution is -0.124. The van der Waals surface area contributed by atoms with Gasteiger partial charge >= 0.3 is 0 Å². The second kappa shape index (κ2) is 14.3. The summed E-state index contributed by atoms with van der Waals surface area (Å²) in [5.74, 6) is -0.0682. The number of carbonyl (C=O) groups excluding carboxylic acids is 2. The van der Waals surface area contributed by atoms with E-state index in [4.69, 9.17) is 27.9 Å². The number of nitrogens with one attached hydrogen (secondary N) is 3. The van der Waals surface area contributed by atoms with Gasteiger partial charge in [-0.2, -0.15) is 4.31 Å². The van der Waals surface area contributed by atoms with Gasteiger partial charge in [-0.1, -0.05) is 55.2 Å². The number of benzene rings is 2. The lowest BCUT2D eigenvalue weighted by atomic mass is 10.0. The minimum absolute atomic E-state index is 0.00796. The number of amides is 2. The van der Waals surface area contributed by atoms with Gasteiger partial charge in [-0.25, -0.2) is 8.42 Å². The molecule has 0 radical (unpaired) electrons. The third kappa shape index (κ3) is 7.86. The van der Waals surface area contributed by atoms with Gasteiger partial charge in [0.2, 0.25) is 15.9 Å². The Kier molecular flexibility index (Phi) is 10.7. The van der Waals surface area contributed by atoms with Crippen molar-refractivity contribution in [3.05, 3.63) is 57.4 Å². The topological polar surface area (TPSA) is 117 Å². The third-order valence-corrected chi connectivity index (χ3v) is 11.5. The van der Waals surface area contributed by atoms with Gasteiger partial charge in [-0.3, -0.25) is 9.59 Å². The van der Waals surface area contributed by atoms with Crippen molar-refractivity contribution in [3.63, 3.8) is 0 Å². The third-order valence-electron chi connectivity index (χ3n) is 7.96. The lowest BCUT2D eigenvalue weighted by Gasteiger charge is -2.33. The summed E-state index contributed by atoms with van der Waals surface area (Å²) in [5.41, 5.74) is 0. The number of hydrogen-bond acceptors (Lipinski definition) is 7. The van der Waals surface area contributed by atoms with Crippen molar-refractivity contribution in [3.8, 4) is 5.75 Å². The average Bonchev–Trinajstić information content (AvgIpc) is 3.44. The Labute approximate surface area is 272 Å². The fourth-order valence-electron chi connectivity index (χ4n) is 5.60. The van der Waals surface area contributed by atoms with Crippen LogP contribution in [0.4, 0.5) is 0 Å². The minimum atomic E-state index is -3.87. The van der Waals surface area contributed by atoms with Gasteiger partial charge < -0.3 is 20.7 Å². The zero-order valence-electron chi connectivity index (χ0n) is 24.8. The van der Waals surface area contributed by atoms with Crippen LogP contribution in [-0.4, -0.2) is 68.9 Å². The van der Waals surface area contributed by atoms with Gasteiger partial charge in [0.05, 0.1) is 19.8 Å². The molecule has 0 aliphatic carbocycles. The van der Waals surface area contributed by atoms with Gasteiger partial charge in [0.25, 0.3) is 5.91 Å². The van der Waals surface area contributed by atoms with E-state index in [2.05, 4.69) is 16.0 Å². The zero-order valence-corrected chi connectivity index (χ0v) is 27.9. The van der Waals surface area contributed by atoms with Crippen molar-refractivity contribution in [2.24, 2.45) is 5.92 Å². The van der Waals surface area contributed by atoms with Gasteiger partial charge in [-0.15, -0.1) is 11.3 Å². The van der Waals surface area contributed by atoms with E-state index in [1.54, 1.807) is 0 Å². The molecule has 238 valence electrons. The molecule has 1 aromatic heterocycles. The van der Waals surface area contributed by atoms with Crippen molar-refractivity contribution in [2.75, 3.05) is 26.2 Å². The minimum Gasteiger partial charge on any atom is -0.487 e. The second-order valence-corrected chi connectivity index (χ2v) is 15.6. The Morgan fingerprint density at radius 2 is 1.70 bits per heavy atom. The molecule has 44 heavy (non-hydrogen) atoms. The Bertz CT molecular complexity index is 1540. The van der Waals surface area contributed by atoms with E-state index in [0.717, 1.165) is 36.0 Å². The smallest absolute Gasteiger partial charge is 0.262 e. The molecule has 2 fully saturated rings. The van der Waals surface area contributed by atoms with Gasteiger partial charge in [-0.05, 0) is 80.8 Å². The van der Waals surface area contributed by atoms with Crippen LogP contribution < -0.4 is 20.7 Å². The number of sulfonamides is 1. The highest BCUT2D eigenvalue weighted by atomic mass is 35.5. The quantitative estimate of drug-likeness (QED) is 0.262. The van der Waals surface area contributed by atoms with Gasteiger partial charge in [0, 0.05) is 23.8 Å². The van der Waals surface area contributed by atoms with Crippen LogP contribution in [0.2, 0.25) is 10.0 Å². The largest absolute Gasteiger partial charge is 0.487 e. The number of nitrogens with zero attached hydrogens (tertiary/aromatic N) is 1. The molecule has 3 N–H and O–H groups in total. The first kappa shape index (κ1) is 33.0. The molecule has 0 spiro atoms. The fourth-order valence-corrected chi connectivity index (χ4v) is 8.79. The van der Waals surface area contributed by atoms with Crippen LogP contribution in [-0.2, 0) is 14.8 Å². The Hall–Kier alpha value is -2.41. The highest BCUT2D eigenvalue weighted by Gasteiger charge is 2.33. The molecule has 3 heterocycles. The summed E-state index contributed by atoms with van der Waals surface area (Å²) >= 11 is 14.3. The van der Waals surface area contributed by atoms with E-state index in [-0.39, 0.29) is 57.9 Å². The highest BCUT2D eigenvalue weighted by molar-refractivity contribution is 7.89. The second-order valence-electron chi connectivity index (χ2n) is 11.8. The lowest BCUT2D eigenvalue weighted by Crippen LogP contribution is -2.53. The molecule has 2 aliphatic heterocycles. The van der Waals surface area contributed by atoms with Crippen LogP contribution in [0.1, 0.15) is 55.6 Å². The van der Waals surface area contributed by atoms with Crippen molar-refractivity contribution < 1.29 is 22.7 Å². The fraction of sp³-hybridized carbons (Fsp3) is 0.484. The summed E-state index contributed by atoms with van der Waals surface area (Å²) in [6, 6.07) is 11.5. The monoisotopic (exact) mass is 680 g/mol. The molecule has 2 saturated heterocycles. The molecule has 9 nitrogen and oxygen atoms in total. The van der Waals surface area contributed by atoms with E-state index in [9.17, 15) is 18.0 Å².